The number of carboxylic acid groups (broad SMARTS) is 1. The van der Waals surface area contributed by atoms with E-state index in [-0.39, 0.29) is 31.3 Å². The van der Waals surface area contributed by atoms with Crippen molar-refractivity contribution in [1.29, 1.82) is 0 Å². The fraction of sp³-hybridized carbons (Fsp3) is 0.500. The molecule has 1 aromatic rings. The van der Waals surface area contributed by atoms with Crippen LogP contribution in [0.5, 0.6) is 5.75 Å². The lowest BCUT2D eigenvalue weighted by Crippen LogP contribution is -2.47. The standard InChI is InChI=1S/C18H23ClN2O5/c1-20(11-17(23)21-8-4-5-12(10-21)18(24)25)16(22)9-13-14(19)6-3-7-15(13)26-2/h3,6-7,12H,4-5,8-11H2,1-2H3,(H,24,25). The molecule has 2 rings (SSSR count). The lowest BCUT2D eigenvalue weighted by Gasteiger charge is -2.32. The zero-order chi connectivity index (χ0) is 19.3. The van der Waals surface area contributed by atoms with Crippen molar-refractivity contribution in [3.05, 3.63) is 28.8 Å². The summed E-state index contributed by atoms with van der Waals surface area (Å²) in [4.78, 5) is 38.8. The number of methoxy groups -OCH3 is 1. The molecule has 0 spiro atoms. The summed E-state index contributed by atoms with van der Waals surface area (Å²) in [6, 6.07) is 5.13. The largest absolute Gasteiger partial charge is 0.496 e. The zero-order valence-corrected chi connectivity index (χ0v) is 15.7. The Kier molecular flexibility index (Phi) is 6.85. The van der Waals surface area contributed by atoms with Gasteiger partial charge in [0.05, 0.1) is 26.0 Å². The van der Waals surface area contributed by atoms with Crippen LogP contribution in [0.1, 0.15) is 18.4 Å². The molecule has 1 saturated heterocycles. The first-order valence-electron chi connectivity index (χ1n) is 8.39. The molecule has 0 aliphatic carbocycles. The Labute approximate surface area is 157 Å². The Morgan fingerprint density at radius 1 is 1.38 bits per heavy atom. The number of amides is 2. The van der Waals surface area contributed by atoms with Crippen LogP contribution in [0.3, 0.4) is 0 Å². The predicted octanol–water partition coefficient (Wildman–Crippen LogP) is 1.67. The van der Waals surface area contributed by atoms with Gasteiger partial charge in [0, 0.05) is 30.7 Å². The second-order valence-electron chi connectivity index (χ2n) is 6.36. The number of ether oxygens (including phenoxy) is 1. The van der Waals surface area contributed by atoms with E-state index in [0.717, 1.165) is 0 Å². The molecule has 0 radical (unpaired) electrons. The Morgan fingerprint density at radius 3 is 2.77 bits per heavy atom. The van der Waals surface area contributed by atoms with E-state index in [1.54, 1.807) is 25.2 Å². The maximum atomic E-state index is 12.5. The van der Waals surface area contributed by atoms with Crippen molar-refractivity contribution in [1.82, 2.24) is 9.80 Å². The molecule has 1 N–H and O–H groups in total. The van der Waals surface area contributed by atoms with Crippen LogP contribution in [0.2, 0.25) is 5.02 Å². The van der Waals surface area contributed by atoms with E-state index in [0.29, 0.717) is 35.7 Å². The normalized spacial score (nSPS) is 16.9. The van der Waals surface area contributed by atoms with Gasteiger partial charge < -0.3 is 19.6 Å². The van der Waals surface area contributed by atoms with E-state index >= 15 is 0 Å². The predicted molar refractivity (Wildman–Crippen MR) is 96.3 cm³/mol. The van der Waals surface area contributed by atoms with Gasteiger partial charge >= 0.3 is 5.97 Å². The number of nitrogens with zero attached hydrogens (tertiary/aromatic N) is 2. The van der Waals surface area contributed by atoms with Gasteiger partial charge in [0.2, 0.25) is 11.8 Å². The van der Waals surface area contributed by atoms with Gasteiger partial charge in [-0.15, -0.1) is 0 Å². The first-order valence-corrected chi connectivity index (χ1v) is 8.77. The Hall–Kier alpha value is -2.28. The highest BCUT2D eigenvalue weighted by Crippen LogP contribution is 2.27. The van der Waals surface area contributed by atoms with Crippen molar-refractivity contribution in [3.63, 3.8) is 0 Å². The molecule has 1 aliphatic rings. The molecule has 1 fully saturated rings. The first kappa shape index (κ1) is 20.0. The fourth-order valence-corrected chi connectivity index (χ4v) is 3.22. The first-order chi connectivity index (χ1) is 12.3. The van der Waals surface area contributed by atoms with Gasteiger partial charge in [0.1, 0.15) is 5.75 Å². The number of rotatable bonds is 6. The summed E-state index contributed by atoms with van der Waals surface area (Å²) in [6.07, 6.45) is 1.24. The molecule has 1 aromatic carbocycles. The highest BCUT2D eigenvalue weighted by molar-refractivity contribution is 6.31. The molecule has 2 amide bonds. The number of likely N-dealkylation sites (N-methyl/N-ethyl adjacent to an activating group) is 1. The average Bonchev–Trinajstić information content (AvgIpc) is 2.63. The minimum atomic E-state index is -0.891. The number of hydrogen-bond donors (Lipinski definition) is 1. The van der Waals surface area contributed by atoms with Crippen LogP contribution in [0, 0.1) is 5.92 Å². The minimum Gasteiger partial charge on any atom is -0.496 e. The van der Waals surface area contributed by atoms with Crippen molar-refractivity contribution in [2.75, 3.05) is 33.8 Å². The summed E-state index contributed by atoms with van der Waals surface area (Å²) in [5, 5.41) is 9.55. The summed E-state index contributed by atoms with van der Waals surface area (Å²) in [7, 11) is 3.05. The number of carboxylic acids is 1. The van der Waals surface area contributed by atoms with E-state index < -0.39 is 11.9 Å². The molecular formula is C18H23ClN2O5. The van der Waals surface area contributed by atoms with Crippen LogP contribution < -0.4 is 4.74 Å². The topological polar surface area (TPSA) is 87.2 Å². The van der Waals surface area contributed by atoms with E-state index in [9.17, 15) is 14.4 Å². The molecule has 1 unspecified atom stereocenters. The van der Waals surface area contributed by atoms with E-state index in [1.807, 2.05) is 0 Å². The van der Waals surface area contributed by atoms with Crippen LogP contribution in [0.15, 0.2) is 18.2 Å². The van der Waals surface area contributed by atoms with Gasteiger partial charge in [-0.05, 0) is 25.0 Å². The van der Waals surface area contributed by atoms with E-state index in [2.05, 4.69) is 0 Å². The van der Waals surface area contributed by atoms with Crippen molar-refractivity contribution < 1.29 is 24.2 Å². The quantitative estimate of drug-likeness (QED) is 0.808. The molecule has 0 aromatic heterocycles. The minimum absolute atomic E-state index is 0.0182. The summed E-state index contributed by atoms with van der Waals surface area (Å²) in [5.41, 5.74) is 0.574. The second kappa shape index (κ2) is 8.89. The number of hydrogen-bond acceptors (Lipinski definition) is 4. The molecule has 8 heteroatoms. The number of carbonyl (C=O) groups is 3. The molecule has 1 aliphatic heterocycles. The third-order valence-electron chi connectivity index (χ3n) is 4.55. The van der Waals surface area contributed by atoms with Crippen LogP contribution >= 0.6 is 11.6 Å². The third-order valence-corrected chi connectivity index (χ3v) is 4.90. The number of benzene rings is 1. The summed E-state index contributed by atoms with van der Waals surface area (Å²) in [5.74, 6) is -1.43. The fourth-order valence-electron chi connectivity index (χ4n) is 2.98. The summed E-state index contributed by atoms with van der Waals surface area (Å²) >= 11 is 6.15. The highest BCUT2D eigenvalue weighted by atomic mass is 35.5. The SMILES string of the molecule is COc1cccc(Cl)c1CC(=O)N(C)CC(=O)N1CCCC(C(=O)O)C1. The van der Waals surface area contributed by atoms with Crippen molar-refractivity contribution in [2.45, 2.75) is 19.3 Å². The summed E-state index contributed by atoms with van der Waals surface area (Å²) < 4.78 is 5.23. The van der Waals surface area contributed by atoms with Crippen LogP contribution in [-0.2, 0) is 20.8 Å². The van der Waals surface area contributed by atoms with E-state index in [1.165, 1.54) is 16.9 Å². The third kappa shape index (κ3) is 4.88. The Morgan fingerprint density at radius 2 is 2.12 bits per heavy atom. The maximum absolute atomic E-state index is 12.5. The number of likely N-dealkylation sites (tertiary alicyclic amines) is 1. The Bertz CT molecular complexity index is 694. The molecule has 0 saturated carbocycles. The van der Waals surface area contributed by atoms with Gasteiger partial charge in [0.15, 0.2) is 0 Å². The van der Waals surface area contributed by atoms with Crippen LogP contribution in [0.4, 0.5) is 0 Å². The summed E-state index contributed by atoms with van der Waals surface area (Å²) in [6.45, 7) is 0.607. The molecular weight excluding hydrogens is 360 g/mol. The molecule has 142 valence electrons. The van der Waals surface area contributed by atoms with Gasteiger partial charge in [-0.2, -0.15) is 0 Å². The van der Waals surface area contributed by atoms with E-state index in [4.69, 9.17) is 21.4 Å². The highest BCUT2D eigenvalue weighted by Gasteiger charge is 2.29. The maximum Gasteiger partial charge on any atom is 0.308 e. The smallest absolute Gasteiger partial charge is 0.308 e. The zero-order valence-electron chi connectivity index (χ0n) is 14.9. The molecule has 1 atom stereocenters. The monoisotopic (exact) mass is 382 g/mol. The molecule has 0 bridgehead atoms. The van der Waals surface area contributed by atoms with Gasteiger partial charge in [-0.25, -0.2) is 0 Å². The van der Waals surface area contributed by atoms with Crippen LogP contribution in [0.25, 0.3) is 0 Å². The van der Waals surface area contributed by atoms with Crippen LogP contribution in [-0.4, -0.2) is 66.5 Å². The number of carbonyl (C=O) groups excluding carboxylic acids is 2. The van der Waals surface area contributed by atoms with Crippen molar-refractivity contribution in [2.24, 2.45) is 5.92 Å². The van der Waals surface area contributed by atoms with Gasteiger partial charge in [-0.3, -0.25) is 14.4 Å². The van der Waals surface area contributed by atoms with Gasteiger partial charge in [-0.1, -0.05) is 17.7 Å². The molecule has 7 nitrogen and oxygen atoms in total. The van der Waals surface area contributed by atoms with Crippen molar-refractivity contribution >= 4 is 29.4 Å². The Balaban J connectivity index is 1.97. The second-order valence-corrected chi connectivity index (χ2v) is 6.77. The number of aliphatic carboxylic acids is 1. The van der Waals surface area contributed by atoms with Gasteiger partial charge in [0.25, 0.3) is 0 Å². The van der Waals surface area contributed by atoms with Crippen molar-refractivity contribution in [3.8, 4) is 5.75 Å². The lowest BCUT2D eigenvalue weighted by atomic mass is 9.98. The molecule has 1 heterocycles. The lowest BCUT2D eigenvalue weighted by molar-refractivity contribution is -0.147. The average molecular weight is 383 g/mol. The number of piperidine rings is 1. The number of halogens is 1. The molecule has 26 heavy (non-hydrogen) atoms.